The molecule has 8 heteroatoms. The second-order valence-corrected chi connectivity index (χ2v) is 12.4. The summed E-state index contributed by atoms with van der Waals surface area (Å²) >= 11 is 0. The monoisotopic (exact) mass is 533 g/mol. The lowest BCUT2D eigenvalue weighted by molar-refractivity contribution is 0.0480. The molecule has 7 rings (SSSR count). The highest BCUT2D eigenvalue weighted by Crippen LogP contribution is 2.44. The summed E-state index contributed by atoms with van der Waals surface area (Å²) in [6.45, 7) is 8.84. The highest BCUT2D eigenvalue weighted by molar-refractivity contribution is 5.92. The van der Waals surface area contributed by atoms with Gasteiger partial charge in [-0.25, -0.2) is 4.79 Å². The van der Waals surface area contributed by atoms with Gasteiger partial charge < -0.3 is 19.4 Å². The first kappa shape index (κ1) is 26.4. The number of carbonyl (C=O) groups excluding carboxylic acids is 2. The summed E-state index contributed by atoms with van der Waals surface area (Å²) in [6, 6.07) is 11.4. The summed E-state index contributed by atoms with van der Waals surface area (Å²) in [5.41, 5.74) is 4.21. The quantitative estimate of drug-likeness (QED) is 0.579. The molecule has 5 heterocycles. The van der Waals surface area contributed by atoms with Gasteiger partial charge in [0.15, 0.2) is 5.69 Å². The van der Waals surface area contributed by atoms with Crippen molar-refractivity contribution in [1.82, 2.24) is 24.5 Å². The summed E-state index contributed by atoms with van der Waals surface area (Å²) in [4.78, 5) is 33.1. The van der Waals surface area contributed by atoms with Gasteiger partial charge in [0, 0.05) is 49.9 Å². The summed E-state index contributed by atoms with van der Waals surface area (Å²) in [7, 11) is 1.89. The van der Waals surface area contributed by atoms with E-state index in [9.17, 15) is 9.59 Å². The predicted octanol–water partition coefficient (Wildman–Crippen LogP) is 4.51. The van der Waals surface area contributed by atoms with E-state index < -0.39 is 0 Å². The zero-order valence-corrected chi connectivity index (χ0v) is 23.8. The molecule has 1 aromatic heterocycles. The largest absolute Gasteiger partial charge is 0.449 e. The number of likely N-dealkylation sites (tertiary alicyclic amines) is 1. The first-order valence-corrected chi connectivity index (χ1v) is 14.9. The number of carbonyl (C=O) groups is 2. The lowest BCUT2D eigenvalue weighted by Crippen LogP contribution is -2.55. The molecule has 1 saturated carbocycles. The van der Waals surface area contributed by atoms with Crippen molar-refractivity contribution >= 4 is 12.0 Å². The average molecular weight is 534 g/mol. The van der Waals surface area contributed by atoms with Crippen molar-refractivity contribution in [3.05, 3.63) is 52.8 Å². The van der Waals surface area contributed by atoms with Gasteiger partial charge in [0.1, 0.15) is 0 Å². The number of nitrogens with zero attached hydrogens (tertiary/aromatic N) is 5. The van der Waals surface area contributed by atoms with E-state index in [2.05, 4.69) is 34.3 Å². The van der Waals surface area contributed by atoms with Crippen LogP contribution in [0.25, 0.3) is 0 Å². The molecule has 8 nitrogen and oxygen atoms in total. The number of ether oxygens (including phenoxy) is 1. The van der Waals surface area contributed by atoms with E-state index in [1.165, 1.54) is 24.0 Å². The van der Waals surface area contributed by atoms with Gasteiger partial charge in [-0.3, -0.25) is 9.48 Å². The van der Waals surface area contributed by atoms with Gasteiger partial charge >= 0.3 is 6.09 Å². The maximum Gasteiger partial charge on any atom is 0.410 e. The van der Waals surface area contributed by atoms with Gasteiger partial charge in [-0.2, -0.15) is 5.10 Å². The highest BCUT2D eigenvalue weighted by Gasteiger charge is 2.46. The van der Waals surface area contributed by atoms with E-state index in [0.717, 1.165) is 64.0 Å². The van der Waals surface area contributed by atoms with Crippen LogP contribution in [-0.2, 0) is 23.7 Å². The topological polar surface area (TPSA) is 70.9 Å². The fourth-order valence-electron chi connectivity index (χ4n) is 7.73. The molecule has 0 N–H and O–H groups in total. The predicted molar refractivity (Wildman–Crippen MR) is 149 cm³/mol. The average Bonchev–Trinajstić information content (AvgIpc) is 3.10. The van der Waals surface area contributed by atoms with Gasteiger partial charge in [0.05, 0.1) is 6.61 Å². The standard InChI is InChI=1S/C31H43N5O3/c1-4-15-39-30(38)36-19-23-9-10-25(36)18-26(17-23)34-13-11-31(12-14-34)21-35(20-24-7-5-6-8-27(24)31)29(37)28-16-22(2)33(3)32-28/h5-8,16,23,25-26H,4,9-15,17-21H2,1-3H3. The zero-order valence-electron chi connectivity index (χ0n) is 23.8. The van der Waals surface area contributed by atoms with E-state index in [-0.39, 0.29) is 17.4 Å². The zero-order chi connectivity index (χ0) is 27.1. The number of benzene rings is 1. The smallest absolute Gasteiger partial charge is 0.410 e. The Morgan fingerprint density at radius 1 is 1.10 bits per heavy atom. The van der Waals surface area contributed by atoms with Crippen LogP contribution in [0.3, 0.4) is 0 Å². The molecular weight excluding hydrogens is 490 g/mol. The Kier molecular flexibility index (Phi) is 7.16. The molecule has 5 aliphatic rings. The maximum atomic E-state index is 13.6. The SMILES string of the molecule is CCCOC(=O)N1CC2CCC1CC(N1CCC3(CC1)CN(C(=O)c1cc(C)n(C)n1)Cc1ccccc13)C2. The molecule has 4 aliphatic heterocycles. The van der Waals surface area contributed by atoms with Gasteiger partial charge in [-0.15, -0.1) is 0 Å². The van der Waals surface area contributed by atoms with Crippen molar-refractivity contribution in [2.75, 3.05) is 32.8 Å². The molecule has 1 aliphatic carbocycles. The second-order valence-electron chi connectivity index (χ2n) is 12.4. The Hall–Kier alpha value is -2.87. The number of rotatable bonds is 4. The minimum absolute atomic E-state index is 0.0233. The maximum absolute atomic E-state index is 13.6. The van der Waals surface area contributed by atoms with Gasteiger partial charge in [-0.1, -0.05) is 31.2 Å². The number of aromatic nitrogens is 2. The summed E-state index contributed by atoms with van der Waals surface area (Å²) < 4.78 is 7.31. The minimum atomic E-state index is -0.114. The molecule has 1 spiro atoms. The van der Waals surface area contributed by atoms with Crippen molar-refractivity contribution in [3.8, 4) is 0 Å². The van der Waals surface area contributed by atoms with Gasteiger partial charge in [-0.05, 0) is 88.1 Å². The van der Waals surface area contributed by atoms with Crippen LogP contribution in [-0.4, -0.2) is 81.4 Å². The number of piperidine rings is 2. The van der Waals surface area contributed by atoms with Crippen molar-refractivity contribution < 1.29 is 14.3 Å². The number of aryl methyl sites for hydroxylation is 2. The minimum Gasteiger partial charge on any atom is -0.449 e. The molecule has 3 unspecified atom stereocenters. The highest BCUT2D eigenvalue weighted by atomic mass is 16.6. The molecule has 1 aromatic carbocycles. The van der Waals surface area contributed by atoms with Gasteiger partial charge in [0.25, 0.3) is 5.91 Å². The lowest BCUT2D eigenvalue weighted by Gasteiger charge is -2.50. The molecule has 4 fully saturated rings. The number of amides is 2. The van der Waals surface area contributed by atoms with Crippen LogP contribution >= 0.6 is 0 Å². The molecule has 3 atom stereocenters. The molecule has 39 heavy (non-hydrogen) atoms. The van der Waals surface area contributed by atoms with Crippen molar-refractivity contribution in [2.24, 2.45) is 13.0 Å². The van der Waals surface area contributed by atoms with Crippen molar-refractivity contribution in [3.63, 3.8) is 0 Å². The van der Waals surface area contributed by atoms with Crippen LogP contribution in [0.2, 0.25) is 0 Å². The first-order chi connectivity index (χ1) is 18.9. The van der Waals surface area contributed by atoms with Crippen molar-refractivity contribution in [1.29, 1.82) is 0 Å². The molecule has 2 aromatic rings. The third-order valence-corrected chi connectivity index (χ3v) is 9.95. The summed E-state index contributed by atoms with van der Waals surface area (Å²) in [5.74, 6) is 0.592. The normalized spacial score (nSPS) is 26.4. The first-order valence-electron chi connectivity index (χ1n) is 14.9. The molecule has 2 bridgehead atoms. The van der Waals surface area contributed by atoms with E-state index in [0.29, 0.717) is 36.8 Å². The molecular formula is C31H43N5O3. The fourth-order valence-corrected chi connectivity index (χ4v) is 7.73. The van der Waals surface area contributed by atoms with Crippen LogP contribution in [0.5, 0.6) is 0 Å². The second kappa shape index (κ2) is 10.6. The molecule has 2 amide bonds. The molecule has 210 valence electrons. The number of fused-ring (bicyclic) bond motifs is 6. The fraction of sp³-hybridized carbons (Fsp3) is 0.645. The Morgan fingerprint density at radius 2 is 1.90 bits per heavy atom. The third kappa shape index (κ3) is 4.96. The number of hydrogen-bond acceptors (Lipinski definition) is 5. The molecule has 0 radical (unpaired) electrons. The third-order valence-electron chi connectivity index (χ3n) is 9.95. The Labute approximate surface area is 232 Å². The Bertz CT molecular complexity index is 1200. The van der Waals surface area contributed by atoms with Crippen LogP contribution in [0.4, 0.5) is 4.79 Å². The van der Waals surface area contributed by atoms with E-state index in [1.807, 2.05) is 36.8 Å². The number of hydrogen-bond donors (Lipinski definition) is 0. The van der Waals surface area contributed by atoms with E-state index in [4.69, 9.17) is 4.74 Å². The molecule has 3 saturated heterocycles. The van der Waals surface area contributed by atoms with Gasteiger partial charge in [0.2, 0.25) is 0 Å². The van der Waals surface area contributed by atoms with Crippen LogP contribution in [0.15, 0.2) is 30.3 Å². The Balaban J connectivity index is 1.17. The van der Waals surface area contributed by atoms with Crippen LogP contribution in [0, 0.1) is 12.8 Å². The summed E-state index contributed by atoms with van der Waals surface area (Å²) in [6.07, 6.45) is 7.36. The Morgan fingerprint density at radius 3 is 2.64 bits per heavy atom. The van der Waals surface area contributed by atoms with E-state index >= 15 is 0 Å². The van der Waals surface area contributed by atoms with E-state index in [1.54, 1.807) is 4.68 Å². The van der Waals surface area contributed by atoms with Crippen LogP contribution < -0.4 is 0 Å². The lowest BCUT2D eigenvalue weighted by atomic mass is 9.68. The van der Waals surface area contributed by atoms with Crippen LogP contribution in [0.1, 0.15) is 79.2 Å². The summed E-state index contributed by atoms with van der Waals surface area (Å²) in [5, 5.41) is 4.49. The van der Waals surface area contributed by atoms with Crippen molar-refractivity contribution in [2.45, 2.75) is 82.8 Å².